The molecule has 0 aliphatic carbocycles. The topological polar surface area (TPSA) is 109 Å². The van der Waals surface area contributed by atoms with Gasteiger partial charge in [-0.2, -0.15) is 5.10 Å². The SMILES string of the molecule is C[C@@H](CNC(=O)c1ccn(CCc2ccc3c(n2)NCCC3)n1)C(=O)O. The number of hydrogen-bond acceptors (Lipinski definition) is 5. The normalized spacial score (nSPS) is 14.2. The van der Waals surface area contributed by atoms with Crippen LogP contribution in [-0.2, 0) is 24.2 Å². The summed E-state index contributed by atoms with van der Waals surface area (Å²) in [6.45, 7) is 3.20. The minimum Gasteiger partial charge on any atom is -0.481 e. The van der Waals surface area contributed by atoms with Gasteiger partial charge in [0.15, 0.2) is 0 Å². The molecule has 0 aromatic carbocycles. The maximum atomic E-state index is 12.0. The van der Waals surface area contributed by atoms with Crippen LogP contribution in [0.15, 0.2) is 24.4 Å². The van der Waals surface area contributed by atoms with Gasteiger partial charge >= 0.3 is 5.97 Å². The number of fused-ring (bicyclic) bond motifs is 1. The highest BCUT2D eigenvalue weighted by molar-refractivity contribution is 5.92. The van der Waals surface area contributed by atoms with Crippen molar-refractivity contribution in [2.45, 2.75) is 32.7 Å². The van der Waals surface area contributed by atoms with Crippen LogP contribution in [0.2, 0.25) is 0 Å². The molecule has 1 atom stereocenters. The molecule has 1 aliphatic rings. The Morgan fingerprint density at radius 3 is 3.04 bits per heavy atom. The van der Waals surface area contributed by atoms with Gasteiger partial charge in [-0.25, -0.2) is 4.98 Å². The first-order chi connectivity index (χ1) is 12.5. The van der Waals surface area contributed by atoms with Gasteiger partial charge in [0, 0.05) is 37.9 Å². The van der Waals surface area contributed by atoms with Gasteiger partial charge in [-0.1, -0.05) is 13.0 Å². The summed E-state index contributed by atoms with van der Waals surface area (Å²) < 4.78 is 1.70. The lowest BCUT2D eigenvalue weighted by Crippen LogP contribution is -2.31. The van der Waals surface area contributed by atoms with Crippen LogP contribution in [0.25, 0.3) is 0 Å². The molecule has 3 N–H and O–H groups in total. The van der Waals surface area contributed by atoms with Crippen LogP contribution >= 0.6 is 0 Å². The van der Waals surface area contributed by atoms with Gasteiger partial charge in [0.25, 0.3) is 5.91 Å². The first-order valence-corrected chi connectivity index (χ1v) is 8.80. The standard InChI is InChI=1S/C18H23N5O3/c1-12(18(25)26)11-20-17(24)15-7-10-23(22-15)9-6-14-5-4-13-3-2-8-19-16(13)21-14/h4-5,7,10,12H,2-3,6,8-9,11H2,1H3,(H,19,21)(H,20,24)(H,25,26)/t12-/m0/s1. The molecule has 0 saturated heterocycles. The number of aliphatic carboxylic acids is 1. The van der Waals surface area contributed by atoms with Crippen LogP contribution in [0.5, 0.6) is 0 Å². The van der Waals surface area contributed by atoms with Crippen molar-refractivity contribution < 1.29 is 14.7 Å². The molecule has 138 valence electrons. The second-order valence-electron chi connectivity index (χ2n) is 6.50. The fourth-order valence-corrected chi connectivity index (χ4v) is 2.77. The van der Waals surface area contributed by atoms with Crippen LogP contribution in [0, 0.1) is 5.92 Å². The van der Waals surface area contributed by atoms with E-state index >= 15 is 0 Å². The van der Waals surface area contributed by atoms with Gasteiger partial charge in [-0.3, -0.25) is 14.3 Å². The molecule has 8 heteroatoms. The van der Waals surface area contributed by atoms with Crippen molar-refractivity contribution in [3.63, 3.8) is 0 Å². The number of nitrogens with zero attached hydrogens (tertiary/aromatic N) is 3. The first kappa shape index (κ1) is 17.9. The highest BCUT2D eigenvalue weighted by Gasteiger charge is 2.15. The second-order valence-corrected chi connectivity index (χ2v) is 6.50. The van der Waals surface area contributed by atoms with E-state index in [4.69, 9.17) is 5.11 Å². The summed E-state index contributed by atoms with van der Waals surface area (Å²) in [6, 6.07) is 5.79. The number of carbonyl (C=O) groups excluding carboxylic acids is 1. The van der Waals surface area contributed by atoms with Crippen LogP contribution < -0.4 is 10.6 Å². The van der Waals surface area contributed by atoms with E-state index in [1.165, 1.54) is 5.56 Å². The van der Waals surface area contributed by atoms with Crippen LogP contribution in [-0.4, -0.2) is 44.8 Å². The van der Waals surface area contributed by atoms with Gasteiger partial charge in [-0.05, 0) is 30.5 Å². The number of aryl methyl sites for hydroxylation is 3. The summed E-state index contributed by atoms with van der Waals surface area (Å²) in [5.41, 5.74) is 2.52. The molecule has 3 heterocycles. The molecule has 0 unspecified atom stereocenters. The number of pyridine rings is 1. The van der Waals surface area contributed by atoms with Crippen LogP contribution in [0.4, 0.5) is 5.82 Å². The Balaban J connectivity index is 1.53. The zero-order valence-corrected chi connectivity index (χ0v) is 14.7. The fourth-order valence-electron chi connectivity index (χ4n) is 2.77. The average molecular weight is 357 g/mol. The van der Waals surface area contributed by atoms with Crippen molar-refractivity contribution in [2.75, 3.05) is 18.4 Å². The third-order valence-corrected chi connectivity index (χ3v) is 4.41. The molecule has 0 radical (unpaired) electrons. The molecule has 26 heavy (non-hydrogen) atoms. The summed E-state index contributed by atoms with van der Waals surface area (Å²) in [6.07, 6.45) is 4.66. The Labute approximate surface area is 151 Å². The number of anilines is 1. The van der Waals surface area contributed by atoms with Crippen molar-refractivity contribution >= 4 is 17.7 Å². The molecule has 0 spiro atoms. The van der Waals surface area contributed by atoms with Crippen LogP contribution in [0.1, 0.15) is 35.1 Å². The van der Waals surface area contributed by atoms with E-state index in [0.29, 0.717) is 13.0 Å². The zero-order chi connectivity index (χ0) is 18.5. The van der Waals surface area contributed by atoms with E-state index in [1.54, 1.807) is 23.9 Å². The van der Waals surface area contributed by atoms with Gasteiger partial charge in [0.05, 0.1) is 5.92 Å². The van der Waals surface area contributed by atoms with Crippen molar-refractivity contribution in [1.29, 1.82) is 0 Å². The highest BCUT2D eigenvalue weighted by Crippen LogP contribution is 2.19. The highest BCUT2D eigenvalue weighted by atomic mass is 16.4. The minimum atomic E-state index is -0.942. The van der Waals surface area contributed by atoms with Gasteiger partial charge in [0.1, 0.15) is 11.5 Å². The lowest BCUT2D eigenvalue weighted by atomic mass is 10.1. The monoisotopic (exact) mass is 357 g/mol. The molecule has 0 saturated carbocycles. The lowest BCUT2D eigenvalue weighted by Gasteiger charge is -2.17. The summed E-state index contributed by atoms with van der Waals surface area (Å²) >= 11 is 0. The molecule has 1 amide bonds. The third-order valence-electron chi connectivity index (χ3n) is 4.41. The number of amides is 1. The molecule has 2 aromatic heterocycles. The number of hydrogen-bond donors (Lipinski definition) is 3. The number of carbonyl (C=O) groups is 2. The number of carboxylic acids is 1. The quantitative estimate of drug-likeness (QED) is 0.690. The van der Waals surface area contributed by atoms with Crippen molar-refractivity contribution in [1.82, 2.24) is 20.1 Å². The molecular formula is C18H23N5O3. The molecule has 3 rings (SSSR count). The first-order valence-electron chi connectivity index (χ1n) is 8.80. The molecule has 8 nitrogen and oxygen atoms in total. The van der Waals surface area contributed by atoms with Gasteiger partial charge in [-0.15, -0.1) is 0 Å². The lowest BCUT2D eigenvalue weighted by molar-refractivity contribution is -0.140. The zero-order valence-electron chi connectivity index (χ0n) is 14.7. The largest absolute Gasteiger partial charge is 0.481 e. The Hall–Kier alpha value is -2.90. The maximum absolute atomic E-state index is 12.0. The third kappa shape index (κ3) is 4.38. The van der Waals surface area contributed by atoms with Crippen LogP contribution in [0.3, 0.4) is 0 Å². The van der Waals surface area contributed by atoms with Gasteiger partial charge < -0.3 is 15.7 Å². The summed E-state index contributed by atoms with van der Waals surface area (Å²) in [7, 11) is 0. The number of carboxylic acid groups (broad SMARTS) is 1. The second kappa shape index (κ2) is 7.99. The number of aromatic nitrogens is 3. The number of rotatable bonds is 7. The minimum absolute atomic E-state index is 0.0765. The van der Waals surface area contributed by atoms with Crippen molar-refractivity contribution in [2.24, 2.45) is 5.92 Å². The predicted octanol–water partition coefficient (Wildman–Crippen LogP) is 1.33. The van der Waals surface area contributed by atoms with Crippen molar-refractivity contribution in [3.05, 3.63) is 41.3 Å². The molecule has 0 fully saturated rings. The Kier molecular flexibility index (Phi) is 5.50. The molecule has 1 aliphatic heterocycles. The van der Waals surface area contributed by atoms with E-state index in [9.17, 15) is 9.59 Å². The Bertz CT molecular complexity index is 802. The van der Waals surface area contributed by atoms with Crippen molar-refractivity contribution in [3.8, 4) is 0 Å². The van der Waals surface area contributed by atoms with E-state index < -0.39 is 11.9 Å². The summed E-state index contributed by atoms with van der Waals surface area (Å²) in [5.74, 6) is -0.970. The van der Waals surface area contributed by atoms with E-state index in [1.807, 2.05) is 6.07 Å². The average Bonchev–Trinajstić information content (AvgIpc) is 3.13. The maximum Gasteiger partial charge on any atom is 0.308 e. The molecule has 2 aromatic rings. The van der Waals surface area contributed by atoms with E-state index in [2.05, 4.69) is 26.8 Å². The molecule has 0 bridgehead atoms. The predicted molar refractivity (Wildman–Crippen MR) is 96.1 cm³/mol. The fraction of sp³-hybridized carbons (Fsp3) is 0.444. The Morgan fingerprint density at radius 2 is 2.23 bits per heavy atom. The molecular weight excluding hydrogens is 334 g/mol. The summed E-state index contributed by atoms with van der Waals surface area (Å²) in [5, 5.41) is 19.0. The van der Waals surface area contributed by atoms with Gasteiger partial charge in [0.2, 0.25) is 0 Å². The summed E-state index contributed by atoms with van der Waals surface area (Å²) in [4.78, 5) is 27.4. The smallest absolute Gasteiger partial charge is 0.308 e. The van der Waals surface area contributed by atoms with E-state index in [0.717, 1.165) is 30.9 Å². The Morgan fingerprint density at radius 1 is 1.38 bits per heavy atom. The number of nitrogens with one attached hydrogen (secondary N) is 2. The van der Waals surface area contributed by atoms with E-state index in [-0.39, 0.29) is 18.1 Å².